The van der Waals surface area contributed by atoms with Crippen molar-refractivity contribution in [3.63, 3.8) is 0 Å². The number of carboxylic acids is 1. The molecule has 1 aromatic rings. The van der Waals surface area contributed by atoms with E-state index in [1.54, 1.807) is 12.1 Å². The standard InChI is InChI=1S/C12H15BrO4S/c1-2-3-4-11(12(14)15)18(16,17)10-7-5-9(13)6-8-10/h5-8,11H,2-4H2,1H3,(H,14,15). The number of sulfone groups is 1. The van der Waals surface area contributed by atoms with Crippen molar-refractivity contribution < 1.29 is 18.3 Å². The number of rotatable bonds is 6. The molecule has 0 aliphatic rings. The lowest BCUT2D eigenvalue weighted by molar-refractivity contribution is -0.136. The maximum atomic E-state index is 12.2. The molecule has 1 aromatic carbocycles. The molecule has 0 spiro atoms. The molecule has 0 aliphatic heterocycles. The molecule has 0 fully saturated rings. The Morgan fingerprint density at radius 2 is 1.89 bits per heavy atom. The largest absolute Gasteiger partial charge is 0.480 e. The highest BCUT2D eigenvalue weighted by Gasteiger charge is 2.33. The summed E-state index contributed by atoms with van der Waals surface area (Å²) in [6.07, 6.45) is 1.48. The number of halogens is 1. The predicted octanol–water partition coefficient (Wildman–Crippen LogP) is 2.87. The summed E-state index contributed by atoms with van der Waals surface area (Å²) in [5.74, 6) is -1.29. The van der Waals surface area contributed by atoms with Gasteiger partial charge in [-0.3, -0.25) is 4.79 Å². The van der Waals surface area contributed by atoms with E-state index in [0.717, 1.165) is 10.9 Å². The Morgan fingerprint density at radius 1 is 1.33 bits per heavy atom. The van der Waals surface area contributed by atoms with Gasteiger partial charge in [-0.05, 0) is 30.7 Å². The first-order chi connectivity index (χ1) is 8.39. The van der Waals surface area contributed by atoms with Gasteiger partial charge < -0.3 is 5.11 Å². The SMILES string of the molecule is CCCCC(C(=O)O)S(=O)(=O)c1ccc(Br)cc1. The van der Waals surface area contributed by atoms with Crippen LogP contribution in [0.5, 0.6) is 0 Å². The molecular formula is C12H15BrO4S. The smallest absolute Gasteiger partial charge is 0.322 e. The quantitative estimate of drug-likeness (QED) is 0.868. The normalized spacial score (nSPS) is 13.2. The zero-order chi connectivity index (χ0) is 13.8. The Kier molecular flexibility index (Phi) is 5.34. The van der Waals surface area contributed by atoms with Crippen molar-refractivity contribution in [2.24, 2.45) is 0 Å². The van der Waals surface area contributed by atoms with E-state index < -0.39 is 21.1 Å². The van der Waals surface area contributed by atoms with E-state index >= 15 is 0 Å². The van der Waals surface area contributed by atoms with Crippen LogP contribution in [0.25, 0.3) is 0 Å². The summed E-state index contributed by atoms with van der Waals surface area (Å²) in [5, 5.41) is 7.70. The molecule has 0 aliphatic carbocycles. The minimum Gasteiger partial charge on any atom is -0.480 e. The van der Waals surface area contributed by atoms with Crippen LogP contribution in [0.4, 0.5) is 0 Å². The van der Waals surface area contributed by atoms with Gasteiger partial charge in [0.15, 0.2) is 15.1 Å². The molecule has 0 saturated heterocycles. The third-order valence-electron chi connectivity index (χ3n) is 2.61. The number of benzene rings is 1. The first kappa shape index (κ1) is 15.2. The Balaban J connectivity index is 3.09. The van der Waals surface area contributed by atoms with Crippen LogP contribution in [0.3, 0.4) is 0 Å². The fraction of sp³-hybridized carbons (Fsp3) is 0.417. The fourth-order valence-electron chi connectivity index (χ4n) is 1.59. The zero-order valence-electron chi connectivity index (χ0n) is 9.97. The van der Waals surface area contributed by atoms with E-state index in [1.807, 2.05) is 6.92 Å². The highest BCUT2D eigenvalue weighted by molar-refractivity contribution is 9.10. The molecule has 0 aromatic heterocycles. The average Bonchev–Trinajstić information content (AvgIpc) is 2.29. The van der Waals surface area contributed by atoms with Gasteiger partial charge in [-0.25, -0.2) is 8.42 Å². The van der Waals surface area contributed by atoms with E-state index in [2.05, 4.69) is 15.9 Å². The van der Waals surface area contributed by atoms with Crippen LogP contribution in [-0.4, -0.2) is 24.7 Å². The molecule has 0 heterocycles. The van der Waals surface area contributed by atoms with Crippen molar-refractivity contribution in [2.75, 3.05) is 0 Å². The van der Waals surface area contributed by atoms with Gasteiger partial charge in [-0.2, -0.15) is 0 Å². The molecule has 1 N–H and O–H groups in total. The second-order valence-electron chi connectivity index (χ2n) is 3.97. The van der Waals surface area contributed by atoms with Crippen LogP contribution in [-0.2, 0) is 14.6 Å². The van der Waals surface area contributed by atoms with Crippen LogP contribution in [0.2, 0.25) is 0 Å². The lowest BCUT2D eigenvalue weighted by Gasteiger charge is -2.13. The first-order valence-electron chi connectivity index (χ1n) is 5.62. The van der Waals surface area contributed by atoms with Gasteiger partial charge in [-0.15, -0.1) is 0 Å². The summed E-state index contributed by atoms with van der Waals surface area (Å²) in [5.41, 5.74) is 0. The average molecular weight is 335 g/mol. The lowest BCUT2D eigenvalue weighted by atomic mass is 10.2. The molecule has 18 heavy (non-hydrogen) atoms. The maximum absolute atomic E-state index is 12.2. The van der Waals surface area contributed by atoms with Gasteiger partial charge in [0.1, 0.15) is 0 Å². The van der Waals surface area contributed by atoms with E-state index in [0.29, 0.717) is 6.42 Å². The van der Waals surface area contributed by atoms with Crippen molar-refractivity contribution in [2.45, 2.75) is 36.3 Å². The summed E-state index contributed by atoms with van der Waals surface area (Å²) in [6.45, 7) is 1.89. The van der Waals surface area contributed by atoms with Crippen LogP contribution in [0.15, 0.2) is 33.6 Å². The van der Waals surface area contributed by atoms with E-state index in [9.17, 15) is 13.2 Å². The third kappa shape index (κ3) is 3.55. The lowest BCUT2D eigenvalue weighted by Crippen LogP contribution is -2.30. The number of unbranched alkanes of at least 4 members (excludes halogenated alkanes) is 1. The van der Waals surface area contributed by atoms with Crippen LogP contribution < -0.4 is 0 Å². The van der Waals surface area contributed by atoms with Gasteiger partial charge in [0, 0.05) is 4.47 Å². The van der Waals surface area contributed by atoms with E-state index in [1.165, 1.54) is 12.1 Å². The van der Waals surface area contributed by atoms with Crippen molar-refractivity contribution in [3.05, 3.63) is 28.7 Å². The molecule has 0 amide bonds. The zero-order valence-corrected chi connectivity index (χ0v) is 12.4. The summed E-state index contributed by atoms with van der Waals surface area (Å²) in [6, 6.07) is 6.01. The highest BCUT2D eigenvalue weighted by atomic mass is 79.9. The Bertz CT molecular complexity index is 507. The van der Waals surface area contributed by atoms with Crippen molar-refractivity contribution >= 4 is 31.7 Å². The number of hydrogen-bond acceptors (Lipinski definition) is 3. The summed E-state index contributed by atoms with van der Waals surface area (Å²) in [7, 11) is -3.81. The van der Waals surface area contributed by atoms with Gasteiger partial charge in [0.05, 0.1) is 4.90 Å². The Morgan fingerprint density at radius 3 is 2.33 bits per heavy atom. The third-order valence-corrected chi connectivity index (χ3v) is 5.26. The fourth-order valence-corrected chi connectivity index (χ4v) is 3.44. The molecule has 0 bridgehead atoms. The molecule has 100 valence electrons. The number of carboxylic acid groups (broad SMARTS) is 1. The summed E-state index contributed by atoms with van der Waals surface area (Å²) < 4.78 is 25.1. The molecule has 4 nitrogen and oxygen atoms in total. The number of hydrogen-bond donors (Lipinski definition) is 1. The molecule has 1 rings (SSSR count). The van der Waals surface area contributed by atoms with E-state index in [4.69, 9.17) is 5.11 Å². The Hall–Kier alpha value is -0.880. The number of aliphatic carboxylic acids is 1. The van der Waals surface area contributed by atoms with Crippen LogP contribution in [0.1, 0.15) is 26.2 Å². The van der Waals surface area contributed by atoms with Crippen LogP contribution >= 0.6 is 15.9 Å². The van der Waals surface area contributed by atoms with Gasteiger partial charge in [0.25, 0.3) is 0 Å². The molecule has 1 unspecified atom stereocenters. The van der Waals surface area contributed by atoms with Gasteiger partial charge in [-0.1, -0.05) is 35.7 Å². The molecule has 1 atom stereocenters. The summed E-state index contributed by atoms with van der Waals surface area (Å²) >= 11 is 3.21. The topological polar surface area (TPSA) is 71.4 Å². The molecule has 0 saturated carbocycles. The van der Waals surface area contributed by atoms with Crippen molar-refractivity contribution in [1.82, 2.24) is 0 Å². The molecular weight excluding hydrogens is 320 g/mol. The minimum absolute atomic E-state index is 0.0502. The van der Waals surface area contributed by atoms with Crippen molar-refractivity contribution in [3.8, 4) is 0 Å². The minimum atomic E-state index is -3.81. The predicted molar refractivity (Wildman–Crippen MR) is 72.3 cm³/mol. The Labute approximate surface area is 115 Å². The number of carbonyl (C=O) groups is 1. The molecule has 0 radical (unpaired) electrons. The second kappa shape index (κ2) is 6.33. The van der Waals surface area contributed by atoms with E-state index in [-0.39, 0.29) is 11.3 Å². The maximum Gasteiger partial charge on any atom is 0.322 e. The molecule has 6 heteroatoms. The van der Waals surface area contributed by atoms with Crippen molar-refractivity contribution in [1.29, 1.82) is 0 Å². The van der Waals surface area contributed by atoms with Gasteiger partial charge >= 0.3 is 5.97 Å². The summed E-state index contributed by atoms with van der Waals surface area (Å²) in [4.78, 5) is 11.2. The second-order valence-corrected chi connectivity index (χ2v) is 7.01. The highest BCUT2D eigenvalue weighted by Crippen LogP contribution is 2.22. The first-order valence-corrected chi connectivity index (χ1v) is 7.95. The van der Waals surface area contributed by atoms with Crippen LogP contribution in [0, 0.1) is 0 Å². The monoisotopic (exact) mass is 334 g/mol. The van der Waals surface area contributed by atoms with Gasteiger partial charge in [0.2, 0.25) is 0 Å².